The van der Waals surface area contributed by atoms with Crippen LogP contribution in [0.3, 0.4) is 0 Å². The van der Waals surface area contributed by atoms with E-state index in [1.807, 2.05) is 0 Å². The number of aromatic nitrogens is 2. The zero-order valence-corrected chi connectivity index (χ0v) is 11.5. The number of nitrogens with one attached hydrogen (secondary N) is 2. The van der Waals surface area contributed by atoms with Crippen molar-refractivity contribution in [1.29, 1.82) is 0 Å². The molecular formula is C13H14N4O4. The summed E-state index contributed by atoms with van der Waals surface area (Å²) in [5.41, 5.74) is 1.03. The van der Waals surface area contributed by atoms with Crippen LogP contribution in [0.5, 0.6) is 0 Å². The topological polar surface area (TPSA) is 117 Å². The molecule has 0 spiro atoms. The van der Waals surface area contributed by atoms with E-state index in [-0.39, 0.29) is 23.7 Å². The zero-order valence-electron chi connectivity index (χ0n) is 11.5. The first-order valence-corrected chi connectivity index (χ1v) is 6.13. The third-order valence-electron chi connectivity index (χ3n) is 2.62. The standard InChI is InChI=1S/C13H14N4O4/c1-7-3-4-10(9(5-7)12(18)19)16-13(20)14-6-11-15-8(2)17-21-11/h3-5H,6H2,1-2H3,(H,18,19)(H2,14,16,20). The van der Waals surface area contributed by atoms with Crippen molar-refractivity contribution < 1.29 is 19.2 Å². The Bertz CT molecular complexity index is 681. The van der Waals surface area contributed by atoms with Crippen molar-refractivity contribution in [2.45, 2.75) is 20.4 Å². The van der Waals surface area contributed by atoms with Crippen LogP contribution >= 0.6 is 0 Å². The number of rotatable bonds is 4. The molecule has 0 aliphatic heterocycles. The average Bonchev–Trinajstić information content (AvgIpc) is 2.84. The lowest BCUT2D eigenvalue weighted by Crippen LogP contribution is -2.29. The zero-order chi connectivity index (χ0) is 15.4. The minimum atomic E-state index is -1.11. The van der Waals surface area contributed by atoms with Crippen molar-refractivity contribution in [2.75, 3.05) is 5.32 Å². The van der Waals surface area contributed by atoms with E-state index in [1.165, 1.54) is 12.1 Å². The number of amides is 2. The van der Waals surface area contributed by atoms with Crippen LogP contribution in [0.1, 0.15) is 27.6 Å². The van der Waals surface area contributed by atoms with Crippen molar-refractivity contribution in [1.82, 2.24) is 15.5 Å². The summed E-state index contributed by atoms with van der Waals surface area (Å²) in [7, 11) is 0. The molecule has 0 saturated carbocycles. The van der Waals surface area contributed by atoms with Crippen molar-refractivity contribution in [3.63, 3.8) is 0 Å². The first-order valence-electron chi connectivity index (χ1n) is 6.13. The molecule has 21 heavy (non-hydrogen) atoms. The quantitative estimate of drug-likeness (QED) is 0.789. The smallest absolute Gasteiger partial charge is 0.337 e. The van der Waals surface area contributed by atoms with Gasteiger partial charge in [0.15, 0.2) is 5.82 Å². The monoisotopic (exact) mass is 290 g/mol. The van der Waals surface area contributed by atoms with E-state index in [9.17, 15) is 9.59 Å². The van der Waals surface area contributed by atoms with Gasteiger partial charge in [-0.2, -0.15) is 4.98 Å². The van der Waals surface area contributed by atoms with E-state index in [2.05, 4.69) is 20.8 Å². The summed E-state index contributed by atoms with van der Waals surface area (Å²) >= 11 is 0. The summed E-state index contributed by atoms with van der Waals surface area (Å²) in [5, 5.41) is 17.7. The fourth-order valence-electron chi connectivity index (χ4n) is 1.68. The Morgan fingerprint density at radius 1 is 1.33 bits per heavy atom. The van der Waals surface area contributed by atoms with Crippen molar-refractivity contribution in [2.24, 2.45) is 0 Å². The predicted molar refractivity (Wildman–Crippen MR) is 73.0 cm³/mol. The molecule has 1 aromatic heterocycles. The van der Waals surface area contributed by atoms with Crippen LogP contribution in [-0.4, -0.2) is 27.2 Å². The molecule has 8 heteroatoms. The predicted octanol–water partition coefficient (Wildman–Crippen LogP) is 1.71. The molecule has 0 aliphatic rings. The van der Waals surface area contributed by atoms with Gasteiger partial charge in [0.2, 0.25) is 5.89 Å². The third-order valence-corrected chi connectivity index (χ3v) is 2.62. The Hall–Kier alpha value is -2.90. The molecule has 110 valence electrons. The number of urea groups is 1. The van der Waals surface area contributed by atoms with Gasteiger partial charge in [-0.25, -0.2) is 9.59 Å². The van der Waals surface area contributed by atoms with Crippen LogP contribution in [0.2, 0.25) is 0 Å². The number of carbonyl (C=O) groups excluding carboxylic acids is 1. The number of carboxylic acids is 1. The van der Waals surface area contributed by atoms with Gasteiger partial charge >= 0.3 is 12.0 Å². The van der Waals surface area contributed by atoms with E-state index in [0.29, 0.717) is 5.82 Å². The lowest BCUT2D eigenvalue weighted by Gasteiger charge is -2.09. The van der Waals surface area contributed by atoms with Crippen molar-refractivity contribution >= 4 is 17.7 Å². The molecule has 0 bridgehead atoms. The lowest BCUT2D eigenvalue weighted by molar-refractivity contribution is 0.0698. The van der Waals surface area contributed by atoms with Gasteiger partial charge < -0.3 is 20.3 Å². The minimum absolute atomic E-state index is 0.0267. The van der Waals surface area contributed by atoms with Crippen LogP contribution in [0.4, 0.5) is 10.5 Å². The van der Waals surface area contributed by atoms with E-state index < -0.39 is 12.0 Å². The largest absolute Gasteiger partial charge is 0.478 e. The second-order valence-corrected chi connectivity index (χ2v) is 4.40. The highest BCUT2D eigenvalue weighted by Gasteiger charge is 2.13. The maximum absolute atomic E-state index is 11.7. The molecule has 3 N–H and O–H groups in total. The molecule has 0 atom stereocenters. The second-order valence-electron chi connectivity index (χ2n) is 4.40. The number of carboxylic acid groups (broad SMARTS) is 1. The molecule has 1 aromatic carbocycles. The SMILES string of the molecule is Cc1ccc(NC(=O)NCc2nc(C)no2)c(C(=O)O)c1. The first-order chi connectivity index (χ1) is 9.95. The van der Waals surface area contributed by atoms with Gasteiger partial charge in [-0.15, -0.1) is 0 Å². The highest BCUT2D eigenvalue weighted by Crippen LogP contribution is 2.17. The molecule has 0 saturated heterocycles. The molecule has 2 rings (SSSR count). The number of hydrogen-bond donors (Lipinski definition) is 3. The Morgan fingerprint density at radius 3 is 2.71 bits per heavy atom. The number of benzene rings is 1. The number of anilines is 1. The second kappa shape index (κ2) is 6.04. The van der Waals surface area contributed by atoms with Crippen molar-refractivity contribution in [3.05, 3.63) is 41.0 Å². The Morgan fingerprint density at radius 2 is 2.10 bits per heavy atom. The molecule has 2 amide bonds. The van der Waals surface area contributed by atoms with E-state index in [0.717, 1.165) is 5.56 Å². The first kappa shape index (κ1) is 14.5. The van der Waals surface area contributed by atoms with Crippen LogP contribution < -0.4 is 10.6 Å². The Balaban J connectivity index is 2.01. The van der Waals surface area contributed by atoms with Crippen molar-refractivity contribution in [3.8, 4) is 0 Å². The normalized spacial score (nSPS) is 10.2. The van der Waals surface area contributed by atoms with E-state index >= 15 is 0 Å². The fraction of sp³-hybridized carbons (Fsp3) is 0.231. The molecule has 8 nitrogen and oxygen atoms in total. The van der Waals surface area contributed by atoms with Gasteiger partial charge in [-0.05, 0) is 26.0 Å². The highest BCUT2D eigenvalue weighted by molar-refractivity contribution is 6.00. The maximum atomic E-state index is 11.7. The summed E-state index contributed by atoms with van der Waals surface area (Å²) in [6, 6.07) is 4.18. The number of carbonyl (C=O) groups is 2. The molecule has 0 radical (unpaired) electrons. The van der Waals surface area contributed by atoms with Gasteiger partial charge in [0.05, 0.1) is 17.8 Å². The number of aryl methyl sites for hydroxylation is 2. The van der Waals surface area contributed by atoms with Gasteiger partial charge in [-0.3, -0.25) is 0 Å². The minimum Gasteiger partial charge on any atom is -0.478 e. The van der Waals surface area contributed by atoms with Gasteiger partial charge in [-0.1, -0.05) is 16.8 Å². The lowest BCUT2D eigenvalue weighted by atomic mass is 10.1. The van der Waals surface area contributed by atoms with E-state index in [1.54, 1.807) is 19.9 Å². The average molecular weight is 290 g/mol. The van der Waals surface area contributed by atoms with Crippen LogP contribution in [0.25, 0.3) is 0 Å². The molecular weight excluding hydrogens is 276 g/mol. The maximum Gasteiger partial charge on any atom is 0.337 e. The molecule has 1 heterocycles. The molecule has 2 aromatic rings. The summed E-state index contributed by atoms with van der Waals surface area (Å²) in [6.45, 7) is 3.49. The molecule has 0 fully saturated rings. The number of hydrogen-bond acceptors (Lipinski definition) is 5. The van der Waals surface area contributed by atoms with Gasteiger partial charge in [0, 0.05) is 0 Å². The Labute approximate surface area is 120 Å². The summed E-state index contributed by atoms with van der Waals surface area (Å²) in [4.78, 5) is 26.8. The van der Waals surface area contributed by atoms with Crippen LogP contribution in [0, 0.1) is 13.8 Å². The number of nitrogens with zero attached hydrogens (tertiary/aromatic N) is 2. The Kier molecular flexibility index (Phi) is 4.17. The number of aromatic carboxylic acids is 1. The summed E-state index contributed by atoms with van der Waals surface area (Å²) in [5.74, 6) is -0.370. The van der Waals surface area contributed by atoms with E-state index in [4.69, 9.17) is 9.63 Å². The van der Waals surface area contributed by atoms with Gasteiger partial charge in [0.1, 0.15) is 0 Å². The van der Waals surface area contributed by atoms with Gasteiger partial charge in [0.25, 0.3) is 0 Å². The summed E-state index contributed by atoms with van der Waals surface area (Å²) < 4.78 is 4.84. The fourth-order valence-corrected chi connectivity index (χ4v) is 1.68. The van der Waals surface area contributed by atoms with Crippen LogP contribution in [0.15, 0.2) is 22.7 Å². The van der Waals surface area contributed by atoms with Crippen LogP contribution in [-0.2, 0) is 6.54 Å². The highest BCUT2D eigenvalue weighted by atomic mass is 16.5. The molecule has 0 aliphatic carbocycles. The molecule has 0 unspecified atom stereocenters. The third kappa shape index (κ3) is 3.78. The summed E-state index contributed by atoms with van der Waals surface area (Å²) in [6.07, 6.45) is 0.